The molecule has 0 aromatic carbocycles. The van der Waals surface area contributed by atoms with Crippen molar-refractivity contribution in [2.45, 2.75) is 12.2 Å². The smallest absolute Gasteiger partial charge is 0.337 e. The van der Waals surface area contributed by atoms with Gasteiger partial charge in [0, 0.05) is 11.8 Å². The summed E-state index contributed by atoms with van der Waals surface area (Å²) >= 11 is 5.83. The van der Waals surface area contributed by atoms with Gasteiger partial charge in [-0.2, -0.15) is 0 Å². The second-order valence-electron chi connectivity index (χ2n) is 3.54. The SMILES string of the molecule is COC(=O)C(O)C(O)c1c[nH]c2c(Cl)ncnc12. The van der Waals surface area contributed by atoms with Crippen molar-refractivity contribution in [2.24, 2.45) is 0 Å². The Labute approximate surface area is 106 Å². The molecule has 2 heterocycles. The van der Waals surface area contributed by atoms with Gasteiger partial charge in [0.1, 0.15) is 17.9 Å². The average molecular weight is 272 g/mol. The van der Waals surface area contributed by atoms with Crippen molar-refractivity contribution in [3.63, 3.8) is 0 Å². The van der Waals surface area contributed by atoms with Crippen LogP contribution in [0.2, 0.25) is 5.15 Å². The molecule has 0 fully saturated rings. The molecule has 0 amide bonds. The Hall–Kier alpha value is -1.70. The fourth-order valence-corrected chi connectivity index (χ4v) is 1.76. The van der Waals surface area contributed by atoms with E-state index in [9.17, 15) is 15.0 Å². The van der Waals surface area contributed by atoms with Crippen LogP contribution in [-0.2, 0) is 9.53 Å². The molecule has 0 radical (unpaired) electrons. The van der Waals surface area contributed by atoms with Crippen molar-refractivity contribution < 1.29 is 19.7 Å². The Morgan fingerprint density at radius 3 is 2.89 bits per heavy atom. The van der Waals surface area contributed by atoms with Crippen molar-refractivity contribution in [2.75, 3.05) is 7.11 Å². The second kappa shape index (κ2) is 4.89. The number of nitrogens with zero attached hydrogens (tertiary/aromatic N) is 2. The van der Waals surface area contributed by atoms with E-state index in [4.69, 9.17) is 11.6 Å². The van der Waals surface area contributed by atoms with Crippen molar-refractivity contribution in [3.05, 3.63) is 23.2 Å². The second-order valence-corrected chi connectivity index (χ2v) is 3.90. The fourth-order valence-electron chi connectivity index (χ4n) is 1.57. The maximum atomic E-state index is 11.2. The van der Waals surface area contributed by atoms with E-state index < -0.39 is 18.2 Å². The average Bonchev–Trinajstić information content (AvgIpc) is 2.81. The number of hydrogen-bond acceptors (Lipinski definition) is 6. The number of halogens is 1. The third kappa shape index (κ3) is 2.03. The van der Waals surface area contributed by atoms with Gasteiger partial charge in [0.2, 0.25) is 0 Å². The lowest BCUT2D eigenvalue weighted by Crippen LogP contribution is -2.28. The molecule has 2 atom stereocenters. The summed E-state index contributed by atoms with van der Waals surface area (Å²) in [6.45, 7) is 0. The molecule has 18 heavy (non-hydrogen) atoms. The zero-order valence-electron chi connectivity index (χ0n) is 9.29. The molecule has 2 aromatic heterocycles. The number of nitrogens with one attached hydrogen (secondary N) is 1. The summed E-state index contributed by atoms with van der Waals surface area (Å²) in [5.74, 6) is -0.933. The third-order valence-electron chi connectivity index (χ3n) is 2.51. The lowest BCUT2D eigenvalue weighted by atomic mass is 10.1. The molecular formula is C10H10ClN3O4. The van der Waals surface area contributed by atoms with Crippen molar-refractivity contribution in [1.29, 1.82) is 0 Å². The molecule has 0 saturated carbocycles. The summed E-state index contributed by atoms with van der Waals surface area (Å²) < 4.78 is 4.35. The van der Waals surface area contributed by atoms with Crippen LogP contribution in [0.15, 0.2) is 12.5 Å². The van der Waals surface area contributed by atoms with Crippen molar-refractivity contribution in [3.8, 4) is 0 Å². The van der Waals surface area contributed by atoms with Gasteiger partial charge in [-0.3, -0.25) is 0 Å². The standard InChI is InChI=1S/C10H10ClN3O4/c1-18-10(17)8(16)7(15)4-2-12-6-5(4)13-3-14-9(6)11/h2-3,7-8,12,15-16H,1H3. The summed E-state index contributed by atoms with van der Waals surface area (Å²) in [7, 11) is 1.12. The number of aliphatic hydroxyl groups is 2. The number of ether oxygens (including phenoxy) is 1. The molecule has 2 unspecified atom stereocenters. The van der Waals surface area contributed by atoms with Gasteiger partial charge in [-0.05, 0) is 0 Å². The van der Waals surface area contributed by atoms with Crippen LogP contribution < -0.4 is 0 Å². The summed E-state index contributed by atoms with van der Waals surface area (Å²) in [6.07, 6.45) is -0.527. The summed E-state index contributed by atoms with van der Waals surface area (Å²) in [4.78, 5) is 21.6. The minimum Gasteiger partial charge on any atom is -0.467 e. The van der Waals surface area contributed by atoms with E-state index in [0.717, 1.165) is 7.11 Å². The van der Waals surface area contributed by atoms with E-state index in [1.54, 1.807) is 0 Å². The van der Waals surface area contributed by atoms with E-state index in [1.165, 1.54) is 12.5 Å². The van der Waals surface area contributed by atoms with E-state index in [2.05, 4.69) is 19.7 Å². The first-order valence-electron chi connectivity index (χ1n) is 4.97. The number of methoxy groups -OCH3 is 1. The Morgan fingerprint density at radius 1 is 1.50 bits per heavy atom. The monoisotopic (exact) mass is 271 g/mol. The number of carbonyl (C=O) groups excluding carboxylic acids is 1. The van der Waals surface area contributed by atoms with Crippen LogP contribution in [0.25, 0.3) is 11.0 Å². The number of esters is 1. The van der Waals surface area contributed by atoms with E-state index in [1.807, 2.05) is 0 Å². The highest BCUT2D eigenvalue weighted by molar-refractivity contribution is 6.33. The predicted octanol–water partition coefficient (Wildman–Crippen LogP) is 0.179. The fraction of sp³-hybridized carbons (Fsp3) is 0.300. The molecule has 96 valence electrons. The van der Waals surface area contributed by atoms with Crippen LogP contribution in [-0.4, -0.2) is 44.3 Å². The highest BCUT2D eigenvalue weighted by Crippen LogP contribution is 2.27. The molecule has 7 nitrogen and oxygen atoms in total. The minimum atomic E-state index is -1.69. The highest BCUT2D eigenvalue weighted by atomic mass is 35.5. The minimum absolute atomic E-state index is 0.186. The van der Waals surface area contributed by atoms with Gasteiger partial charge >= 0.3 is 5.97 Å². The molecule has 3 N–H and O–H groups in total. The number of aliphatic hydroxyl groups excluding tert-OH is 2. The number of carbonyl (C=O) groups is 1. The normalized spacial score (nSPS) is 14.4. The van der Waals surface area contributed by atoms with Crippen LogP contribution in [0, 0.1) is 0 Å². The number of hydrogen-bond donors (Lipinski definition) is 3. The molecule has 2 rings (SSSR count). The lowest BCUT2D eigenvalue weighted by Gasteiger charge is -2.14. The molecule has 0 aliphatic rings. The number of H-pyrrole nitrogens is 1. The molecule has 0 bridgehead atoms. The molecular weight excluding hydrogens is 262 g/mol. The van der Waals surface area contributed by atoms with Gasteiger partial charge in [0.05, 0.1) is 12.6 Å². The van der Waals surface area contributed by atoms with Crippen molar-refractivity contribution in [1.82, 2.24) is 15.0 Å². The number of aromatic nitrogens is 3. The van der Waals surface area contributed by atoms with Gasteiger partial charge in [-0.15, -0.1) is 0 Å². The maximum absolute atomic E-state index is 11.2. The first kappa shape index (κ1) is 12.7. The Bertz CT molecular complexity index is 586. The van der Waals surface area contributed by atoms with Gasteiger partial charge in [0.15, 0.2) is 11.3 Å². The molecule has 0 aliphatic carbocycles. The summed E-state index contributed by atoms with van der Waals surface area (Å²) in [5, 5.41) is 19.7. The topological polar surface area (TPSA) is 108 Å². The Morgan fingerprint density at radius 2 is 2.22 bits per heavy atom. The van der Waals surface area contributed by atoms with Crippen molar-refractivity contribution >= 4 is 28.6 Å². The zero-order chi connectivity index (χ0) is 13.3. The molecule has 2 aromatic rings. The number of rotatable bonds is 3. The van der Waals surface area contributed by atoms with E-state index in [0.29, 0.717) is 11.0 Å². The van der Waals surface area contributed by atoms with E-state index in [-0.39, 0.29) is 10.7 Å². The lowest BCUT2D eigenvalue weighted by molar-refractivity contribution is -0.156. The quantitative estimate of drug-likeness (QED) is 0.543. The Kier molecular flexibility index (Phi) is 3.46. The zero-order valence-corrected chi connectivity index (χ0v) is 10.0. The van der Waals surface area contributed by atoms with Gasteiger partial charge in [0.25, 0.3) is 0 Å². The molecule has 0 saturated heterocycles. The van der Waals surface area contributed by atoms with Gasteiger partial charge < -0.3 is 19.9 Å². The largest absolute Gasteiger partial charge is 0.467 e. The van der Waals surface area contributed by atoms with Gasteiger partial charge in [-0.25, -0.2) is 14.8 Å². The predicted molar refractivity (Wildman–Crippen MR) is 61.9 cm³/mol. The Balaban J connectivity index is 2.42. The highest BCUT2D eigenvalue weighted by Gasteiger charge is 2.29. The molecule has 0 spiro atoms. The van der Waals surface area contributed by atoms with Crippen LogP contribution in [0.4, 0.5) is 0 Å². The first-order valence-corrected chi connectivity index (χ1v) is 5.35. The van der Waals surface area contributed by atoms with Crippen LogP contribution >= 0.6 is 11.6 Å². The van der Waals surface area contributed by atoms with Crippen LogP contribution in [0.3, 0.4) is 0 Å². The molecule has 0 aliphatic heterocycles. The molecule has 8 heteroatoms. The third-order valence-corrected chi connectivity index (χ3v) is 2.79. The maximum Gasteiger partial charge on any atom is 0.337 e. The van der Waals surface area contributed by atoms with Gasteiger partial charge in [-0.1, -0.05) is 11.6 Å². The van der Waals surface area contributed by atoms with Crippen LogP contribution in [0.5, 0.6) is 0 Å². The van der Waals surface area contributed by atoms with E-state index >= 15 is 0 Å². The first-order chi connectivity index (χ1) is 8.56. The van der Waals surface area contributed by atoms with Crippen LogP contribution in [0.1, 0.15) is 11.7 Å². The summed E-state index contributed by atoms with van der Waals surface area (Å²) in [6, 6.07) is 0. The number of aromatic amines is 1. The summed E-state index contributed by atoms with van der Waals surface area (Å²) in [5.41, 5.74) is 1.00. The number of fused-ring (bicyclic) bond motifs is 1.